The van der Waals surface area contributed by atoms with E-state index >= 15 is 4.39 Å². The Kier molecular flexibility index (Phi) is 9.18. The average Bonchev–Trinajstić information content (AvgIpc) is 3.83. The Balaban J connectivity index is 0.000000883. The molecule has 11 heteroatoms. The van der Waals surface area contributed by atoms with Gasteiger partial charge in [0.2, 0.25) is 5.91 Å². The fourth-order valence-electron chi connectivity index (χ4n) is 7.63. The number of aromatic nitrogens is 3. The molecule has 9 nitrogen and oxygen atoms in total. The second kappa shape index (κ2) is 13.7. The summed E-state index contributed by atoms with van der Waals surface area (Å²) >= 11 is 0. The minimum Gasteiger partial charge on any atom is -0.461 e. The van der Waals surface area contributed by atoms with Gasteiger partial charge in [-0.3, -0.25) is 14.7 Å². The number of hydrogen-bond donors (Lipinski definition) is 1. The molecule has 2 aromatic carbocycles. The second-order valence-corrected chi connectivity index (χ2v) is 13.3. The van der Waals surface area contributed by atoms with Crippen LogP contribution in [0, 0.1) is 24.0 Å². The van der Waals surface area contributed by atoms with E-state index in [1.165, 1.54) is 31.7 Å². The van der Waals surface area contributed by atoms with Crippen LogP contribution in [0.1, 0.15) is 44.1 Å². The first-order valence-corrected chi connectivity index (χ1v) is 17.1. The molecule has 1 N–H and O–H groups in total. The quantitative estimate of drug-likeness (QED) is 0.210. The smallest absolute Gasteiger partial charge is 0.319 e. The average molecular weight is 666 g/mol. The Labute approximate surface area is 285 Å². The molecule has 0 saturated carbocycles. The number of ether oxygens (including phenoxy) is 1. The van der Waals surface area contributed by atoms with Crippen molar-refractivity contribution < 1.29 is 18.3 Å². The molecule has 49 heavy (non-hydrogen) atoms. The number of benzene rings is 2. The van der Waals surface area contributed by atoms with Crippen LogP contribution in [0.2, 0.25) is 0 Å². The highest BCUT2D eigenvalue weighted by Gasteiger charge is 2.45. The highest BCUT2D eigenvalue weighted by molar-refractivity contribution is 6.02. The van der Waals surface area contributed by atoms with Crippen molar-refractivity contribution in [3.63, 3.8) is 0 Å². The molecule has 254 valence electrons. The number of hydrogen-bond acceptors (Lipinski definition) is 8. The van der Waals surface area contributed by atoms with E-state index in [9.17, 15) is 9.18 Å². The van der Waals surface area contributed by atoms with E-state index in [0.717, 1.165) is 38.8 Å². The summed E-state index contributed by atoms with van der Waals surface area (Å²) in [5.41, 5.74) is 0.423. The second-order valence-electron chi connectivity index (χ2n) is 13.3. The minimum atomic E-state index is -0.675. The van der Waals surface area contributed by atoms with E-state index in [0.29, 0.717) is 53.7 Å². The van der Waals surface area contributed by atoms with Crippen LogP contribution < -0.4 is 15.0 Å². The molecule has 4 saturated heterocycles. The van der Waals surface area contributed by atoms with Gasteiger partial charge in [-0.1, -0.05) is 36.8 Å². The normalized spacial score (nSPS) is 19.6. The van der Waals surface area contributed by atoms with Crippen LogP contribution in [0.3, 0.4) is 0 Å². The maximum atomic E-state index is 16.7. The van der Waals surface area contributed by atoms with Crippen LogP contribution in [-0.2, 0) is 4.79 Å². The molecule has 1 unspecified atom stereocenters. The van der Waals surface area contributed by atoms with Crippen molar-refractivity contribution in [1.82, 2.24) is 30.1 Å². The van der Waals surface area contributed by atoms with Crippen LogP contribution in [-0.4, -0.2) is 95.2 Å². The van der Waals surface area contributed by atoms with Gasteiger partial charge in [0, 0.05) is 43.3 Å². The van der Waals surface area contributed by atoms with Gasteiger partial charge in [-0.25, -0.2) is 8.78 Å². The Morgan fingerprint density at radius 1 is 1.16 bits per heavy atom. The third-order valence-electron chi connectivity index (χ3n) is 10.6. The fraction of sp³-hybridized carbons (Fsp3) is 0.421. The van der Waals surface area contributed by atoms with Crippen LogP contribution in [0.5, 0.6) is 6.01 Å². The Hall–Kier alpha value is -4.66. The number of anilines is 1. The number of halogens is 2. The van der Waals surface area contributed by atoms with E-state index < -0.39 is 11.6 Å². The van der Waals surface area contributed by atoms with Gasteiger partial charge >= 0.3 is 6.01 Å². The molecule has 8 rings (SSSR count). The zero-order valence-corrected chi connectivity index (χ0v) is 27.9. The Bertz CT molecular complexity index is 1940. The highest BCUT2D eigenvalue weighted by atomic mass is 19.1. The van der Waals surface area contributed by atoms with E-state index in [2.05, 4.69) is 32.7 Å². The monoisotopic (exact) mass is 665 g/mol. The molecule has 1 amide bonds. The number of terminal acetylenes is 1. The van der Waals surface area contributed by atoms with E-state index in [4.69, 9.17) is 16.1 Å². The maximum absolute atomic E-state index is 16.7. The first-order valence-electron chi connectivity index (χ1n) is 17.1. The number of likely N-dealkylation sites (tertiary alicyclic amines) is 1. The molecule has 0 bridgehead atoms. The fourth-order valence-corrected chi connectivity index (χ4v) is 7.63. The molecular weight excluding hydrogens is 624 g/mol. The van der Waals surface area contributed by atoms with E-state index in [-0.39, 0.29) is 40.3 Å². The lowest BCUT2D eigenvalue weighted by atomic mass is 9.95. The summed E-state index contributed by atoms with van der Waals surface area (Å²) in [7, 11) is 1.88. The molecule has 4 aliphatic rings. The van der Waals surface area contributed by atoms with E-state index in [1.54, 1.807) is 35.4 Å². The summed E-state index contributed by atoms with van der Waals surface area (Å²) in [5.74, 6) is 1.53. The topological polar surface area (TPSA) is 86.7 Å². The van der Waals surface area contributed by atoms with Gasteiger partial charge in [-0.2, -0.15) is 9.97 Å². The molecule has 0 radical (unpaired) electrons. The van der Waals surface area contributed by atoms with Crippen LogP contribution in [0.25, 0.3) is 32.9 Å². The van der Waals surface area contributed by atoms with E-state index in [1.807, 2.05) is 11.9 Å². The van der Waals surface area contributed by atoms with Crippen molar-refractivity contribution >= 4 is 33.4 Å². The van der Waals surface area contributed by atoms with Crippen LogP contribution in [0.15, 0.2) is 49.2 Å². The summed E-state index contributed by atoms with van der Waals surface area (Å²) in [6.45, 7) is 9.68. The molecular formula is C38H41F2N7O2. The summed E-state index contributed by atoms with van der Waals surface area (Å²) in [6.07, 6.45) is 15.0. The van der Waals surface area contributed by atoms with Crippen molar-refractivity contribution in [2.75, 3.05) is 57.8 Å². The van der Waals surface area contributed by atoms with Gasteiger partial charge in [0.1, 0.15) is 29.5 Å². The first-order chi connectivity index (χ1) is 23.8. The Morgan fingerprint density at radius 3 is 2.61 bits per heavy atom. The largest absolute Gasteiger partial charge is 0.461 e. The van der Waals surface area contributed by atoms with Crippen LogP contribution in [0.4, 0.5) is 14.6 Å². The zero-order chi connectivity index (χ0) is 34.1. The van der Waals surface area contributed by atoms with Gasteiger partial charge < -0.3 is 19.9 Å². The van der Waals surface area contributed by atoms with Gasteiger partial charge in [-0.15, -0.1) is 6.42 Å². The van der Waals surface area contributed by atoms with Gasteiger partial charge in [0.25, 0.3) is 0 Å². The molecule has 6 heterocycles. The number of nitrogens with one attached hydrogen (secondary N) is 1. The lowest BCUT2D eigenvalue weighted by Gasteiger charge is -2.31. The SMILES string of the molecule is C#Cc1c(F)ccc2cccc(-c3ncc4c(N(C)C5CCN(C(=O)C=C)C5)nc(OCC56CCCN5CCC6)nc4c3F)c12.C1CNC1. The van der Waals surface area contributed by atoms with Crippen molar-refractivity contribution in [2.45, 2.75) is 50.1 Å². The molecule has 2 aromatic heterocycles. The lowest BCUT2D eigenvalue weighted by Crippen LogP contribution is -2.43. The van der Waals surface area contributed by atoms with Crippen molar-refractivity contribution in [3.8, 4) is 29.6 Å². The molecule has 4 fully saturated rings. The summed E-state index contributed by atoms with van der Waals surface area (Å²) in [5, 5.41) is 4.60. The van der Waals surface area contributed by atoms with Gasteiger partial charge in [0.15, 0.2) is 5.82 Å². The van der Waals surface area contributed by atoms with Gasteiger partial charge in [-0.05, 0) is 82.2 Å². The number of likely N-dealkylation sites (N-methyl/N-ethyl adjacent to an activating group) is 1. The van der Waals surface area contributed by atoms with Crippen molar-refractivity contribution in [2.24, 2.45) is 0 Å². The van der Waals surface area contributed by atoms with Crippen molar-refractivity contribution in [3.05, 3.63) is 66.4 Å². The number of carbonyl (C=O) groups is 1. The molecule has 4 aliphatic heterocycles. The minimum absolute atomic E-state index is 0.00780. The third-order valence-corrected chi connectivity index (χ3v) is 10.6. The Morgan fingerprint density at radius 2 is 1.92 bits per heavy atom. The maximum Gasteiger partial charge on any atom is 0.319 e. The highest BCUT2D eigenvalue weighted by Crippen LogP contribution is 2.40. The number of rotatable bonds is 7. The first kappa shape index (κ1) is 32.9. The zero-order valence-electron chi connectivity index (χ0n) is 27.9. The molecule has 0 aliphatic carbocycles. The number of pyridine rings is 1. The summed E-state index contributed by atoms with van der Waals surface area (Å²) < 4.78 is 37.9. The van der Waals surface area contributed by atoms with Gasteiger partial charge in [0.05, 0.1) is 16.5 Å². The summed E-state index contributed by atoms with van der Waals surface area (Å²) in [4.78, 5) is 32.4. The predicted octanol–water partition coefficient (Wildman–Crippen LogP) is 5.31. The lowest BCUT2D eigenvalue weighted by molar-refractivity contribution is -0.125. The number of fused-ring (bicyclic) bond motifs is 3. The molecule has 4 aromatic rings. The summed E-state index contributed by atoms with van der Waals surface area (Å²) in [6, 6.07) is 8.19. The number of nitrogens with zero attached hydrogens (tertiary/aromatic N) is 6. The predicted molar refractivity (Wildman–Crippen MR) is 187 cm³/mol. The number of amides is 1. The standard InChI is InChI=1S/C35H34F2N6O2.C3H7N/c1-4-24-27(36)12-11-22-9-6-10-25(29(22)24)31-30(37)32-26(19-38-31)33(41(3)23-13-18-42(20-23)28(44)5-2)40-34(39-32)45-21-35-14-7-16-43(35)17-8-15-35;1-2-4-3-1/h1,5-6,9-12,19,23H,2,7-8,13-18,20-21H2,3H3;4H,1-3H2. The molecule has 0 spiro atoms. The molecule has 1 atom stereocenters. The third kappa shape index (κ3) is 6.08. The van der Waals surface area contributed by atoms with Crippen molar-refractivity contribution in [1.29, 1.82) is 0 Å². The number of carbonyl (C=O) groups excluding carboxylic acids is 1. The van der Waals surface area contributed by atoms with Crippen LogP contribution >= 0.6 is 0 Å².